The molecule has 3 aromatic rings. The summed E-state index contributed by atoms with van der Waals surface area (Å²) in [5.74, 6) is -0.249. The van der Waals surface area contributed by atoms with E-state index in [1.807, 2.05) is 37.4 Å². The van der Waals surface area contributed by atoms with Crippen molar-refractivity contribution in [3.8, 4) is 0 Å². The topological polar surface area (TPSA) is 74.6 Å². The van der Waals surface area contributed by atoms with E-state index in [0.29, 0.717) is 24.3 Å². The van der Waals surface area contributed by atoms with Crippen LogP contribution in [-0.4, -0.2) is 32.0 Å². The maximum Gasteiger partial charge on any atom is 0.291 e. The average molecular weight is 363 g/mol. The maximum absolute atomic E-state index is 12.3. The Kier molecular flexibility index (Phi) is 5.89. The van der Waals surface area contributed by atoms with Crippen molar-refractivity contribution in [2.45, 2.75) is 0 Å². The highest BCUT2D eigenvalue weighted by Crippen LogP contribution is 2.12. The predicted molar refractivity (Wildman–Crippen MR) is 105 cm³/mol. The molecule has 0 unspecified atom stereocenters. The lowest BCUT2D eigenvalue weighted by Crippen LogP contribution is -2.32. The molecule has 1 aromatic heterocycles. The Morgan fingerprint density at radius 3 is 2.33 bits per heavy atom. The first-order valence-electron chi connectivity index (χ1n) is 8.63. The summed E-state index contributed by atoms with van der Waals surface area (Å²) in [4.78, 5) is 26.3. The van der Waals surface area contributed by atoms with Gasteiger partial charge in [-0.2, -0.15) is 0 Å². The normalized spacial score (nSPS) is 10.3. The van der Waals surface area contributed by atoms with E-state index in [-0.39, 0.29) is 17.6 Å². The van der Waals surface area contributed by atoms with Crippen LogP contribution in [0.2, 0.25) is 0 Å². The number of rotatable bonds is 7. The van der Waals surface area contributed by atoms with Crippen LogP contribution in [0.1, 0.15) is 20.9 Å². The van der Waals surface area contributed by atoms with Crippen LogP contribution < -0.4 is 15.5 Å². The number of anilines is 2. The van der Waals surface area contributed by atoms with E-state index in [1.165, 1.54) is 6.26 Å². The number of carbonyl (C=O) groups is 2. The molecule has 0 saturated carbocycles. The van der Waals surface area contributed by atoms with Gasteiger partial charge in [0.25, 0.3) is 11.8 Å². The molecule has 1 heterocycles. The van der Waals surface area contributed by atoms with Crippen LogP contribution in [0.5, 0.6) is 0 Å². The van der Waals surface area contributed by atoms with E-state index in [2.05, 4.69) is 15.5 Å². The van der Waals surface area contributed by atoms with Gasteiger partial charge in [0.2, 0.25) is 0 Å². The van der Waals surface area contributed by atoms with Gasteiger partial charge in [0.05, 0.1) is 6.26 Å². The molecular formula is C21H21N3O3. The predicted octanol–water partition coefficient (Wildman–Crippen LogP) is 3.40. The Balaban J connectivity index is 1.48. The van der Waals surface area contributed by atoms with Crippen LogP contribution in [0.4, 0.5) is 11.4 Å². The summed E-state index contributed by atoms with van der Waals surface area (Å²) in [5, 5.41) is 5.61. The Bertz CT molecular complexity index is 875. The molecule has 2 aromatic carbocycles. The molecular weight excluding hydrogens is 342 g/mol. The van der Waals surface area contributed by atoms with Crippen molar-refractivity contribution < 1.29 is 14.0 Å². The number of likely N-dealkylation sites (N-methyl/N-ethyl adjacent to an activating group) is 1. The minimum absolute atomic E-state index is 0.152. The second-order valence-corrected chi connectivity index (χ2v) is 6.02. The number of nitrogens with zero attached hydrogens (tertiary/aromatic N) is 1. The number of para-hydroxylation sites is 1. The SMILES string of the molecule is CN(CCNC(=O)c1ccc(NC(=O)c2ccco2)cc1)c1ccccc1. The highest BCUT2D eigenvalue weighted by Gasteiger charge is 2.10. The molecule has 0 saturated heterocycles. The quantitative estimate of drug-likeness (QED) is 0.675. The van der Waals surface area contributed by atoms with Crippen LogP contribution in [0, 0.1) is 0 Å². The van der Waals surface area contributed by atoms with E-state index in [9.17, 15) is 9.59 Å². The smallest absolute Gasteiger partial charge is 0.291 e. The molecule has 0 spiro atoms. The summed E-state index contributed by atoms with van der Waals surface area (Å²) in [6, 6.07) is 19.9. The maximum atomic E-state index is 12.3. The van der Waals surface area contributed by atoms with Crippen molar-refractivity contribution in [2.75, 3.05) is 30.4 Å². The molecule has 0 atom stereocenters. The zero-order valence-corrected chi connectivity index (χ0v) is 15.0. The van der Waals surface area contributed by atoms with E-state index in [4.69, 9.17) is 4.42 Å². The van der Waals surface area contributed by atoms with Gasteiger partial charge in [0, 0.05) is 37.1 Å². The van der Waals surface area contributed by atoms with Gasteiger partial charge in [0.1, 0.15) is 0 Å². The van der Waals surface area contributed by atoms with E-state index in [1.54, 1.807) is 36.4 Å². The van der Waals surface area contributed by atoms with Gasteiger partial charge in [-0.3, -0.25) is 9.59 Å². The second-order valence-electron chi connectivity index (χ2n) is 6.02. The lowest BCUT2D eigenvalue weighted by molar-refractivity contribution is 0.0953. The average Bonchev–Trinajstić information content (AvgIpc) is 3.24. The zero-order chi connectivity index (χ0) is 19.1. The number of nitrogens with one attached hydrogen (secondary N) is 2. The summed E-state index contributed by atoms with van der Waals surface area (Å²) in [7, 11) is 1.98. The van der Waals surface area contributed by atoms with Gasteiger partial charge in [-0.15, -0.1) is 0 Å². The van der Waals surface area contributed by atoms with E-state index < -0.39 is 0 Å². The van der Waals surface area contributed by atoms with Crippen molar-refractivity contribution in [1.82, 2.24) is 5.32 Å². The standard InChI is InChI=1S/C21H21N3O3/c1-24(18-6-3-2-4-7-18)14-13-22-20(25)16-9-11-17(12-10-16)23-21(26)19-8-5-15-27-19/h2-12,15H,13-14H2,1H3,(H,22,25)(H,23,26). The molecule has 138 valence electrons. The number of amides is 2. The Labute approximate surface area is 157 Å². The number of furan rings is 1. The molecule has 0 fully saturated rings. The fourth-order valence-electron chi connectivity index (χ4n) is 2.56. The van der Waals surface area contributed by atoms with Crippen molar-refractivity contribution in [3.05, 3.63) is 84.3 Å². The monoisotopic (exact) mass is 363 g/mol. The van der Waals surface area contributed by atoms with Gasteiger partial charge >= 0.3 is 0 Å². The summed E-state index contributed by atoms with van der Waals surface area (Å²) in [6.07, 6.45) is 1.44. The third-order valence-corrected chi connectivity index (χ3v) is 4.08. The minimum atomic E-state index is -0.332. The van der Waals surface area contributed by atoms with Crippen LogP contribution in [-0.2, 0) is 0 Å². The van der Waals surface area contributed by atoms with Crippen molar-refractivity contribution in [1.29, 1.82) is 0 Å². The summed E-state index contributed by atoms with van der Waals surface area (Å²) >= 11 is 0. The number of carbonyl (C=O) groups excluding carboxylic acids is 2. The van der Waals surface area contributed by atoms with Crippen LogP contribution in [0.25, 0.3) is 0 Å². The van der Waals surface area contributed by atoms with E-state index >= 15 is 0 Å². The van der Waals surface area contributed by atoms with Crippen molar-refractivity contribution in [2.24, 2.45) is 0 Å². The first kappa shape index (κ1) is 18.3. The van der Waals surface area contributed by atoms with Gasteiger partial charge < -0.3 is 20.0 Å². The highest BCUT2D eigenvalue weighted by molar-refractivity contribution is 6.02. The fraction of sp³-hybridized carbons (Fsp3) is 0.143. The molecule has 2 N–H and O–H groups in total. The molecule has 0 aliphatic rings. The first-order valence-corrected chi connectivity index (χ1v) is 8.63. The van der Waals surface area contributed by atoms with E-state index in [0.717, 1.165) is 5.69 Å². The minimum Gasteiger partial charge on any atom is -0.459 e. The Hall–Kier alpha value is -3.54. The third-order valence-electron chi connectivity index (χ3n) is 4.08. The molecule has 0 bridgehead atoms. The first-order chi connectivity index (χ1) is 13.1. The third kappa shape index (κ3) is 4.98. The van der Waals surface area contributed by atoms with Crippen LogP contribution in [0.3, 0.4) is 0 Å². The summed E-state index contributed by atoms with van der Waals surface area (Å²) in [6.45, 7) is 1.23. The molecule has 6 heteroatoms. The lowest BCUT2D eigenvalue weighted by Gasteiger charge is -2.19. The number of benzene rings is 2. The van der Waals surface area contributed by atoms with Crippen molar-refractivity contribution >= 4 is 23.2 Å². The lowest BCUT2D eigenvalue weighted by atomic mass is 10.2. The van der Waals surface area contributed by atoms with Crippen molar-refractivity contribution in [3.63, 3.8) is 0 Å². The van der Waals surface area contributed by atoms with Gasteiger partial charge in [-0.25, -0.2) is 0 Å². The molecule has 6 nitrogen and oxygen atoms in total. The van der Waals surface area contributed by atoms with Gasteiger partial charge in [-0.05, 0) is 48.5 Å². The van der Waals surface area contributed by atoms with Gasteiger partial charge in [-0.1, -0.05) is 18.2 Å². The summed E-state index contributed by atoms with van der Waals surface area (Å²) in [5.41, 5.74) is 2.23. The summed E-state index contributed by atoms with van der Waals surface area (Å²) < 4.78 is 5.04. The Morgan fingerprint density at radius 1 is 0.926 bits per heavy atom. The fourth-order valence-corrected chi connectivity index (χ4v) is 2.56. The highest BCUT2D eigenvalue weighted by atomic mass is 16.3. The number of hydrogen-bond acceptors (Lipinski definition) is 4. The molecule has 3 rings (SSSR count). The van der Waals surface area contributed by atoms with Crippen LogP contribution >= 0.6 is 0 Å². The van der Waals surface area contributed by atoms with Gasteiger partial charge in [0.15, 0.2) is 5.76 Å². The molecule has 0 aliphatic carbocycles. The zero-order valence-electron chi connectivity index (χ0n) is 15.0. The molecule has 27 heavy (non-hydrogen) atoms. The largest absolute Gasteiger partial charge is 0.459 e. The molecule has 0 radical (unpaired) electrons. The Morgan fingerprint density at radius 2 is 1.67 bits per heavy atom. The van der Waals surface area contributed by atoms with Crippen LogP contribution in [0.15, 0.2) is 77.4 Å². The number of hydrogen-bond donors (Lipinski definition) is 2. The molecule has 2 amide bonds. The second kappa shape index (κ2) is 8.71. The molecule has 0 aliphatic heterocycles.